The molecule has 10 nitrogen and oxygen atoms in total. The average molecular weight is 374 g/mol. The number of anilines is 3. The third kappa shape index (κ3) is 4.97. The van der Waals surface area contributed by atoms with Crippen LogP contribution < -0.4 is 31.6 Å². The van der Waals surface area contributed by atoms with Crippen molar-refractivity contribution in [2.45, 2.75) is 19.4 Å². The number of benzene rings is 1. The molecule has 6 N–H and O–H groups in total. The van der Waals surface area contributed by atoms with Gasteiger partial charge in [0.1, 0.15) is 23.4 Å². The van der Waals surface area contributed by atoms with E-state index in [1.807, 2.05) is 0 Å². The zero-order valence-corrected chi connectivity index (χ0v) is 15.3. The molecule has 144 valence electrons. The number of methoxy groups -OCH3 is 2. The third-order valence-electron chi connectivity index (χ3n) is 3.69. The van der Waals surface area contributed by atoms with Crippen molar-refractivity contribution in [1.82, 2.24) is 9.97 Å². The first-order valence-corrected chi connectivity index (χ1v) is 8.10. The summed E-state index contributed by atoms with van der Waals surface area (Å²) < 4.78 is 10.4. The minimum atomic E-state index is -0.756. The number of nitrogens with two attached hydrogens (primary N) is 2. The molecule has 1 aromatic carbocycles. The second-order valence-corrected chi connectivity index (χ2v) is 5.55. The number of aromatic nitrogens is 2. The van der Waals surface area contributed by atoms with Gasteiger partial charge in [-0.1, -0.05) is 6.92 Å². The van der Waals surface area contributed by atoms with Crippen LogP contribution in [0, 0.1) is 0 Å². The molecule has 2 amide bonds. The van der Waals surface area contributed by atoms with E-state index >= 15 is 0 Å². The molecule has 2 aromatic rings. The Hall–Kier alpha value is -3.56. The average Bonchev–Trinajstić information content (AvgIpc) is 2.65. The monoisotopic (exact) mass is 374 g/mol. The van der Waals surface area contributed by atoms with Crippen molar-refractivity contribution in [3.05, 3.63) is 30.1 Å². The summed E-state index contributed by atoms with van der Waals surface area (Å²) in [6.07, 6.45) is 1.77. The highest BCUT2D eigenvalue weighted by atomic mass is 16.5. The lowest BCUT2D eigenvalue weighted by molar-refractivity contribution is -0.118. The molecule has 1 atom stereocenters. The molecule has 0 bridgehead atoms. The van der Waals surface area contributed by atoms with Crippen molar-refractivity contribution in [2.24, 2.45) is 11.5 Å². The maximum Gasteiger partial charge on any atom is 0.271 e. The number of nitrogens with zero attached hydrogens (tertiary/aromatic N) is 2. The van der Waals surface area contributed by atoms with E-state index in [2.05, 4.69) is 20.6 Å². The summed E-state index contributed by atoms with van der Waals surface area (Å²) in [4.78, 5) is 31.4. The molecular formula is C17H22N6O4. The van der Waals surface area contributed by atoms with E-state index in [1.165, 1.54) is 20.4 Å². The number of amides is 2. The lowest BCUT2D eigenvalue weighted by atomic mass is 10.2. The minimum Gasteiger partial charge on any atom is -0.497 e. The van der Waals surface area contributed by atoms with Gasteiger partial charge in [-0.15, -0.1) is 0 Å². The molecule has 1 unspecified atom stereocenters. The Morgan fingerprint density at radius 2 is 1.78 bits per heavy atom. The molecule has 0 saturated heterocycles. The maximum absolute atomic E-state index is 11.7. The summed E-state index contributed by atoms with van der Waals surface area (Å²) in [5.41, 5.74) is 11.2. The summed E-state index contributed by atoms with van der Waals surface area (Å²) in [5.74, 6) is 0.183. The van der Waals surface area contributed by atoms with Gasteiger partial charge in [0.25, 0.3) is 5.91 Å². The Kier molecular flexibility index (Phi) is 6.36. The Morgan fingerprint density at radius 3 is 2.26 bits per heavy atom. The van der Waals surface area contributed by atoms with Crippen molar-refractivity contribution in [1.29, 1.82) is 0 Å². The molecule has 0 saturated carbocycles. The van der Waals surface area contributed by atoms with E-state index < -0.39 is 17.9 Å². The number of carbonyl (C=O) groups is 2. The number of carbonyl (C=O) groups excluding carboxylic acids is 2. The fraction of sp³-hybridized carbons (Fsp3) is 0.294. The fourth-order valence-electron chi connectivity index (χ4n) is 2.30. The van der Waals surface area contributed by atoms with Gasteiger partial charge in [0, 0.05) is 23.9 Å². The molecule has 0 spiro atoms. The second kappa shape index (κ2) is 8.70. The van der Waals surface area contributed by atoms with Crippen LogP contribution in [-0.2, 0) is 4.79 Å². The van der Waals surface area contributed by atoms with Crippen LogP contribution in [0.1, 0.15) is 23.8 Å². The number of ether oxygens (including phenoxy) is 2. The summed E-state index contributed by atoms with van der Waals surface area (Å²) in [7, 11) is 3.04. The predicted octanol–water partition coefficient (Wildman–Crippen LogP) is 1.01. The van der Waals surface area contributed by atoms with E-state index in [9.17, 15) is 9.59 Å². The first-order chi connectivity index (χ1) is 12.9. The highest BCUT2D eigenvalue weighted by Gasteiger charge is 2.17. The van der Waals surface area contributed by atoms with Crippen molar-refractivity contribution < 1.29 is 19.1 Å². The van der Waals surface area contributed by atoms with Crippen molar-refractivity contribution >= 4 is 29.1 Å². The SMILES string of the molecule is CCC(Nc1cnc(C(N)=O)c(Nc2cc(OC)cc(OC)c2)n1)C(N)=O. The third-order valence-corrected chi connectivity index (χ3v) is 3.69. The molecule has 1 aromatic heterocycles. The molecule has 0 fully saturated rings. The molecule has 0 radical (unpaired) electrons. The Balaban J connectivity index is 2.40. The van der Waals surface area contributed by atoms with Crippen LogP contribution in [0.4, 0.5) is 17.3 Å². The molecule has 10 heteroatoms. The minimum absolute atomic E-state index is 0.0607. The van der Waals surface area contributed by atoms with Gasteiger partial charge in [-0.25, -0.2) is 9.97 Å². The fourth-order valence-corrected chi connectivity index (χ4v) is 2.30. The first-order valence-electron chi connectivity index (χ1n) is 8.10. The molecule has 1 heterocycles. The van der Waals surface area contributed by atoms with Crippen LogP contribution in [0.2, 0.25) is 0 Å². The van der Waals surface area contributed by atoms with Gasteiger partial charge >= 0.3 is 0 Å². The number of hydrogen-bond acceptors (Lipinski definition) is 8. The predicted molar refractivity (Wildman–Crippen MR) is 100 cm³/mol. The van der Waals surface area contributed by atoms with Crippen LogP contribution in [0.25, 0.3) is 0 Å². The summed E-state index contributed by atoms with van der Waals surface area (Å²) in [6, 6.07) is 4.45. The number of primary amides is 2. The number of hydrogen-bond donors (Lipinski definition) is 4. The van der Waals surface area contributed by atoms with Crippen molar-refractivity contribution in [2.75, 3.05) is 24.9 Å². The van der Waals surface area contributed by atoms with Gasteiger partial charge in [-0.2, -0.15) is 0 Å². The van der Waals surface area contributed by atoms with Gasteiger partial charge in [-0.3, -0.25) is 9.59 Å². The molecule has 0 aliphatic heterocycles. The quantitative estimate of drug-likeness (QED) is 0.507. The van der Waals surface area contributed by atoms with Crippen LogP contribution in [-0.4, -0.2) is 42.0 Å². The van der Waals surface area contributed by atoms with Crippen LogP contribution in [0.3, 0.4) is 0 Å². The molecule has 0 aliphatic carbocycles. The van der Waals surface area contributed by atoms with Gasteiger partial charge in [0.2, 0.25) is 5.91 Å². The summed E-state index contributed by atoms with van der Waals surface area (Å²) in [6.45, 7) is 1.80. The molecule has 2 rings (SSSR count). The van der Waals surface area contributed by atoms with Gasteiger partial charge in [-0.05, 0) is 6.42 Å². The van der Waals surface area contributed by atoms with Crippen molar-refractivity contribution in [3.8, 4) is 11.5 Å². The van der Waals surface area contributed by atoms with Crippen molar-refractivity contribution in [3.63, 3.8) is 0 Å². The summed E-state index contributed by atoms with van der Waals surface area (Å²) in [5, 5.41) is 5.85. The van der Waals surface area contributed by atoms with Gasteiger partial charge in [0.05, 0.1) is 20.4 Å². The Bertz CT molecular complexity index is 820. The first kappa shape index (κ1) is 19.8. The van der Waals surface area contributed by atoms with E-state index in [1.54, 1.807) is 25.1 Å². The van der Waals surface area contributed by atoms with E-state index in [0.717, 1.165) is 0 Å². The summed E-state index contributed by atoms with van der Waals surface area (Å²) >= 11 is 0. The second-order valence-electron chi connectivity index (χ2n) is 5.55. The van der Waals surface area contributed by atoms with Crippen LogP contribution >= 0.6 is 0 Å². The molecule has 27 heavy (non-hydrogen) atoms. The smallest absolute Gasteiger partial charge is 0.271 e. The largest absolute Gasteiger partial charge is 0.497 e. The topological polar surface area (TPSA) is 154 Å². The highest BCUT2D eigenvalue weighted by Crippen LogP contribution is 2.28. The van der Waals surface area contributed by atoms with E-state index in [-0.39, 0.29) is 17.3 Å². The normalized spacial score (nSPS) is 11.4. The van der Waals surface area contributed by atoms with Crippen LogP contribution in [0.15, 0.2) is 24.4 Å². The standard InChI is InChI=1S/C17H22N6O4/c1-4-12(15(18)24)22-13-8-20-14(16(19)25)17(23-13)21-9-5-10(26-2)7-11(6-9)27-3/h5-8,12H,4H2,1-3H3,(H2,18,24)(H2,19,25)(H2,21,22,23). The van der Waals surface area contributed by atoms with Gasteiger partial charge in [0.15, 0.2) is 11.5 Å². The zero-order valence-electron chi connectivity index (χ0n) is 15.3. The van der Waals surface area contributed by atoms with Crippen LogP contribution in [0.5, 0.6) is 11.5 Å². The van der Waals surface area contributed by atoms with E-state index in [0.29, 0.717) is 23.6 Å². The zero-order chi connectivity index (χ0) is 20.0. The maximum atomic E-state index is 11.7. The lowest BCUT2D eigenvalue weighted by Gasteiger charge is -2.16. The molecular weight excluding hydrogens is 352 g/mol. The number of nitrogens with one attached hydrogen (secondary N) is 2. The van der Waals surface area contributed by atoms with Gasteiger partial charge < -0.3 is 31.6 Å². The number of rotatable bonds is 9. The Labute approximate surface area is 156 Å². The molecule has 0 aliphatic rings. The Morgan fingerprint density at radius 1 is 1.15 bits per heavy atom. The lowest BCUT2D eigenvalue weighted by Crippen LogP contribution is -2.35. The highest BCUT2D eigenvalue weighted by molar-refractivity contribution is 5.96. The van der Waals surface area contributed by atoms with E-state index in [4.69, 9.17) is 20.9 Å².